The fraction of sp³-hybridized carbons (Fsp3) is 0.286. The number of hydrogen-bond donors (Lipinski definition) is 1. The van der Waals surface area contributed by atoms with Crippen LogP contribution in [0.3, 0.4) is 0 Å². The molecule has 0 aliphatic carbocycles. The van der Waals surface area contributed by atoms with E-state index in [1.54, 1.807) is 0 Å². The van der Waals surface area contributed by atoms with E-state index in [9.17, 15) is 4.79 Å². The molecule has 33 heavy (non-hydrogen) atoms. The van der Waals surface area contributed by atoms with E-state index in [0.29, 0.717) is 13.0 Å². The Bertz CT molecular complexity index is 1230. The molecule has 5 nitrogen and oxygen atoms in total. The highest BCUT2D eigenvalue weighted by Gasteiger charge is 2.18. The summed E-state index contributed by atoms with van der Waals surface area (Å²) in [7, 11) is 0. The number of nitrogens with zero attached hydrogens (tertiary/aromatic N) is 2. The second kappa shape index (κ2) is 10.3. The summed E-state index contributed by atoms with van der Waals surface area (Å²) in [4.78, 5) is 17.6. The van der Waals surface area contributed by atoms with Crippen LogP contribution in [0.25, 0.3) is 11.0 Å². The van der Waals surface area contributed by atoms with Gasteiger partial charge in [-0.1, -0.05) is 54.1 Å². The molecular formula is C28H31N3O2. The average molecular weight is 442 g/mol. The molecule has 4 rings (SSSR count). The second-order valence-electron chi connectivity index (χ2n) is 8.52. The lowest BCUT2D eigenvalue weighted by molar-refractivity contribution is -0.121. The number of nitrogens with one attached hydrogen (secondary N) is 1. The number of aryl methyl sites for hydroxylation is 3. The molecule has 1 heterocycles. The maximum Gasteiger partial charge on any atom is 0.225 e. The monoisotopic (exact) mass is 441 g/mol. The molecule has 0 spiro atoms. The quantitative estimate of drug-likeness (QED) is 0.347. The van der Waals surface area contributed by atoms with Gasteiger partial charge in [-0.25, -0.2) is 4.98 Å². The molecule has 170 valence electrons. The Balaban J connectivity index is 1.44. The third-order valence-corrected chi connectivity index (χ3v) is 5.88. The van der Waals surface area contributed by atoms with Crippen molar-refractivity contribution in [2.24, 2.45) is 0 Å². The molecule has 0 fully saturated rings. The third-order valence-electron chi connectivity index (χ3n) is 5.88. The summed E-state index contributed by atoms with van der Waals surface area (Å²) in [5, 5.41) is 3.14. The summed E-state index contributed by atoms with van der Waals surface area (Å²) < 4.78 is 8.11. The van der Waals surface area contributed by atoms with Crippen LogP contribution in [0, 0.1) is 13.8 Å². The Kier molecular flexibility index (Phi) is 7.08. The maximum absolute atomic E-state index is 12.7. The first kappa shape index (κ1) is 22.6. The van der Waals surface area contributed by atoms with Crippen molar-refractivity contribution in [1.29, 1.82) is 0 Å². The number of ether oxygens (including phenoxy) is 1. The van der Waals surface area contributed by atoms with Crippen LogP contribution in [0.4, 0.5) is 0 Å². The molecule has 0 saturated heterocycles. The second-order valence-corrected chi connectivity index (χ2v) is 8.52. The summed E-state index contributed by atoms with van der Waals surface area (Å²) in [6.45, 7) is 7.47. The van der Waals surface area contributed by atoms with Gasteiger partial charge >= 0.3 is 0 Å². The predicted molar refractivity (Wildman–Crippen MR) is 132 cm³/mol. The highest BCUT2D eigenvalue weighted by molar-refractivity contribution is 5.80. The molecule has 1 amide bonds. The van der Waals surface area contributed by atoms with Crippen molar-refractivity contribution in [2.75, 3.05) is 6.61 Å². The minimum Gasteiger partial charge on any atom is -0.494 e. The van der Waals surface area contributed by atoms with E-state index < -0.39 is 0 Å². The normalized spacial score (nSPS) is 12.0. The van der Waals surface area contributed by atoms with E-state index in [4.69, 9.17) is 9.72 Å². The minimum absolute atomic E-state index is 0.00175. The largest absolute Gasteiger partial charge is 0.494 e. The first-order valence-electron chi connectivity index (χ1n) is 11.5. The van der Waals surface area contributed by atoms with E-state index in [1.807, 2.05) is 68.4 Å². The molecule has 0 saturated carbocycles. The number of aromatic nitrogens is 2. The molecule has 0 bridgehead atoms. The van der Waals surface area contributed by atoms with Gasteiger partial charge in [-0.15, -0.1) is 0 Å². The number of carbonyl (C=O) groups is 1. The van der Waals surface area contributed by atoms with Crippen molar-refractivity contribution in [1.82, 2.24) is 14.9 Å². The van der Waals surface area contributed by atoms with Gasteiger partial charge in [0.2, 0.25) is 5.91 Å². The molecule has 5 heteroatoms. The number of rotatable bonds is 9. The van der Waals surface area contributed by atoms with Crippen LogP contribution in [0.5, 0.6) is 5.75 Å². The number of fused-ring (bicyclic) bond motifs is 1. The summed E-state index contributed by atoms with van der Waals surface area (Å²) in [5.74, 6) is 1.75. The summed E-state index contributed by atoms with van der Waals surface area (Å²) in [6.07, 6.45) is 1.20. The van der Waals surface area contributed by atoms with Gasteiger partial charge in [0.1, 0.15) is 11.6 Å². The highest BCUT2D eigenvalue weighted by atomic mass is 16.5. The van der Waals surface area contributed by atoms with Gasteiger partial charge in [0.15, 0.2) is 0 Å². The molecular weight excluding hydrogens is 410 g/mol. The fourth-order valence-electron chi connectivity index (χ4n) is 4.05. The van der Waals surface area contributed by atoms with E-state index in [0.717, 1.165) is 46.7 Å². The first-order valence-corrected chi connectivity index (χ1v) is 11.5. The van der Waals surface area contributed by atoms with Gasteiger partial charge in [-0.05, 0) is 62.6 Å². The fourth-order valence-corrected chi connectivity index (χ4v) is 4.05. The van der Waals surface area contributed by atoms with Crippen LogP contribution in [-0.4, -0.2) is 22.1 Å². The number of carbonyl (C=O) groups excluding carboxylic acids is 1. The van der Waals surface area contributed by atoms with E-state index >= 15 is 0 Å². The number of hydrogen-bond acceptors (Lipinski definition) is 3. The van der Waals surface area contributed by atoms with E-state index in [-0.39, 0.29) is 11.9 Å². The molecule has 4 aromatic rings. The highest BCUT2D eigenvalue weighted by Crippen LogP contribution is 2.22. The molecule has 1 unspecified atom stereocenters. The Morgan fingerprint density at radius 3 is 2.52 bits per heavy atom. The number of para-hydroxylation sites is 2. The van der Waals surface area contributed by atoms with E-state index in [2.05, 4.69) is 35.0 Å². The van der Waals surface area contributed by atoms with Crippen LogP contribution in [0.2, 0.25) is 0 Å². The minimum atomic E-state index is -0.202. The Labute approximate surface area is 195 Å². The van der Waals surface area contributed by atoms with Crippen molar-refractivity contribution in [2.45, 2.75) is 46.2 Å². The maximum atomic E-state index is 12.7. The predicted octanol–water partition coefficient (Wildman–Crippen LogP) is 5.54. The van der Waals surface area contributed by atoms with Crippen LogP contribution in [0.1, 0.15) is 41.9 Å². The lowest BCUT2D eigenvalue weighted by atomic mass is 10.1. The van der Waals surface area contributed by atoms with Crippen molar-refractivity contribution in [3.05, 3.63) is 95.3 Å². The first-order chi connectivity index (χ1) is 16.0. The number of amides is 1. The molecule has 0 aliphatic rings. The Morgan fingerprint density at radius 1 is 1.00 bits per heavy atom. The van der Waals surface area contributed by atoms with E-state index in [1.165, 1.54) is 5.56 Å². The zero-order chi connectivity index (χ0) is 23.2. The van der Waals surface area contributed by atoms with Gasteiger partial charge in [0.05, 0.1) is 30.1 Å². The molecule has 0 aliphatic heterocycles. The van der Waals surface area contributed by atoms with Gasteiger partial charge in [0, 0.05) is 6.54 Å². The van der Waals surface area contributed by atoms with Crippen LogP contribution in [-0.2, 0) is 17.8 Å². The van der Waals surface area contributed by atoms with Crippen LogP contribution in [0.15, 0.2) is 72.8 Å². The smallest absolute Gasteiger partial charge is 0.225 e. The molecule has 1 aromatic heterocycles. The Hall–Kier alpha value is -3.60. The van der Waals surface area contributed by atoms with Crippen LogP contribution >= 0.6 is 0 Å². The van der Waals surface area contributed by atoms with Gasteiger partial charge < -0.3 is 14.6 Å². The topological polar surface area (TPSA) is 56.1 Å². The van der Waals surface area contributed by atoms with Gasteiger partial charge in [-0.2, -0.15) is 0 Å². The lowest BCUT2D eigenvalue weighted by Gasteiger charge is -2.17. The zero-order valence-electron chi connectivity index (χ0n) is 19.5. The Morgan fingerprint density at radius 2 is 1.73 bits per heavy atom. The molecule has 3 aromatic carbocycles. The third kappa shape index (κ3) is 5.61. The summed E-state index contributed by atoms with van der Waals surface area (Å²) >= 11 is 0. The molecule has 0 radical (unpaired) electrons. The van der Waals surface area contributed by atoms with Gasteiger partial charge in [0.25, 0.3) is 0 Å². The summed E-state index contributed by atoms with van der Waals surface area (Å²) in [6, 6.07) is 24.0. The zero-order valence-corrected chi connectivity index (χ0v) is 19.5. The van der Waals surface area contributed by atoms with Crippen molar-refractivity contribution in [3.8, 4) is 5.75 Å². The molecule has 1 atom stereocenters. The van der Waals surface area contributed by atoms with Crippen molar-refractivity contribution in [3.63, 3.8) is 0 Å². The standard InChI is InChI=1S/C28H31N3O2/c1-20-13-15-24(16-14-20)33-18-8-17-31-26-12-7-6-11-25(26)30-28(31)22(3)29-27(32)19-23-10-5-4-9-21(23)2/h4-7,9-16,22H,8,17-19H2,1-3H3,(H,29,32). The average Bonchev–Trinajstić information content (AvgIpc) is 3.18. The van der Waals surface area contributed by atoms with Crippen molar-refractivity contribution < 1.29 is 9.53 Å². The lowest BCUT2D eigenvalue weighted by Crippen LogP contribution is -2.30. The number of imidazole rings is 1. The summed E-state index contributed by atoms with van der Waals surface area (Å²) in [5.41, 5.74) is 5.40. The number of benzene rings is 3. The SMILES string of the molecule is Cc1ccc(OCCCn2c(C(C)NC(=O)Cc3ccccc3C)nc3ccccc32)cc1. The van der Waals surface area contributed by atoms with Gasteiger partial charge in [-0.3, -0.25) is 4.79 Å². The van der Waals surface area contributed by atoms with Crippen molar-refractivity contribution >= 4 is 16.9 Å². The van der Waals surface area contributed by atoms with Crippen LogP contribution < -0.4 is 10.1 Å². The molecule has 1 N–H and O–H groups in total.